The summed E-state index contributed by atoms with van der Waals surface area (Å²) in [5, 5.41) is 0.554. The molecule has 0 spiro atoms. The van der Waals surface area contributed by atoms with Crippen LogP contribution in [0.3, 0.4) is 0 Å². The number of nitrogens with one attached hydrogen (secondary N) is 1. The van der Waals surface area contributed by atoms with Crippen molar-refractivity contribution in [3.63, 3.8) is 0 Å². The van der Waals surface area contributed by atoms with E-state index in [9.17, 15) is 17.6 Å². The molecule has 124 valence electrons. The van der Waals surface area contributed by atoms with Crippen molar-refractivity contribution in [3.8, 4) is 0 Å². The van der Waals surface area contributed by atoms with Gasteiger partial charge in [0.1, 0.15) is 26.7 Å². The molecule has 6 nitrogen and oxygen atoms in total. The number of amides is 1. The van der Waals surface area contributed by atoms with E-state index >= 15 is 0 Å². The van der Waals surface area contributed by atoms with Crippen molar-refractivity contribution in [2.24, 2.45) is 0 Å². The van der Waals surface area contributed by atoms with Crippen LogP contribution in [0, 0.1) is 12.7 Å². The monoisotopic (exact) mass is 358 g/mol. The van der Waals surface area contributed by atoms with Crippen molar-refractivity contribution in [1.82, 2.24) is 9.71 Å². The van der Waals surface area contributed by atoms with E-state index in [1.807, 2.05) is 4.72 Å². The minimum Gasteiger partial charge on any atom is -0.375 e. The molecule has 0 radical (unpaired) electrons. The summed E-state index contributed by atoms with van der Waals surface area (Å²) in [6.45, 7) is 3.35. The summed E-state index contributed by atoms with van der Waals surface area (Å²) in [5.74, 6) is -1.78. The van der Waals surface area contributed by atoms with Crippen LogP contribution in [0.4, 0.5) is 4.39 Å². The topological polar surface area (TPSA) is 85.4 Å². The number of methoxy groups -OCH3 is 1. The Morgan fingerprint density at radius 1 is 1.39 bits per heavy atom. The molecule has 0 aliphatic carbocycles. The smallest absolute Gasteiger partial charge is 0.277 e. The Morgan fingerprint density at radius 3 is 2.65 bits per heavy atom. The number of rotatable bonds is 5. The van der Waals surface area contributed by atoms with E-state index in [4.69, 9.17) is 4.74 Å². The number of hydrogen-bond acceptors (Lipinski definition) is 6. The van der Waals surface area contributed by atoms with Crippen LogP contribution in [0.2, 0.25) is 0 Å². The van der Waals surface area contributed by atoms with Crippen molar-refractivity contribution >= 4 is 27.3 Å². The van der Waals surface area contributed by atoms with Crippen molar-refractivity contribution in [2.45, 2.75) is 24.8 Å². The van der Waals surface area contributed by atoms with Gasteiger partial charge >= 0.3 is 0 Å². The van der Waals surface area contributed by atoms with Crippen LogP contribution in [0.5, 0.6) is 0 Å². The zero-order valence-corrected chi connectivity index (χ0v) is 14.3. The quantitative estimate of drug-likeness (QED) is 0.887. The maximum absolute atomic E-state index is 13.6. The second-order valence-corrected chi connectivity index (χ2v) is 7.39. The molecule has 0 unspecified atom stereocenters. The summed E-state index contributed by atoms with van der Waals surface area (Å²) < 4.78 is 44.9. The molecule has 1 amide bonds. The molecule has 0 bridgehead atoms. The molecule has 1 aromatic carbocycles. The van der Waals surface area contributed by atoms with E-state index in [-0.39, 0.29) is 11.0 Å². The van der Waals surface area contributed by atoms with E-state index in [1.165, 1.54) is 19.2 Å². The third-order valence-corrected chi connectivity index (χ3v) is 5.76. The Morgan fingerprint density at radius 2 is 2.04 bits per heavy atom. The van der Waals surface area contributed by atoms with Gasteiger partial charge in [0.15, 0.2) is 0 Å². The van der Waals surface area contributed by atoms with Crippen LogP contribution in [-0.4, -0.2) is 26.4 Å². The Hall–Kier alpha value is -1.84. The maximum Gasteiger partial charge on any atom is 0.277 e. The zero-order valence-electron chi connectivity index (χ0n) is 12.7. The fourth-order valence-electron chi connectivity index (χ4n) is 1.79. The van der Waals surface area contributed by atoms with Crippen LogP contribution in [0.15, 0.2) is 29.2 Å². The predicted octanol–water partition coefficient (Wildman–Crippen LogP) is 2.42. The summed E-state index contributed by atoms with van der Waals surface area (Å²) >= 11 is 1.03. The number of hydrogen-bond donors (Lipinski definition) is 1. The maximum atomic E-state index is 13.6. The standard InChI is InChI=1S/C14H15FN2O4S2/c1-8-12(22-14(16-8)9(2)21-3)13(18)17-23(19,20)11-7-5-4-6-10(11)15/h4-7,9H,1-3H3,(H,17,18)/t9-/m0/s1. The highest BCUT2D eigenvalue weighted by molar-refractivity contribution is 7.90. The fourth-order valence-corrected chi connectivity index (χ4v) is 3.88. The third-order valence-electron chi connectivity index (χ3n) is 3.07. The first-order chi connectivity index (χ1) is 10.8. The molecule has 23 heavy (non-hydrogen) atoms. The van der Waals surface area contributed by atoms with Gasteiger partial charge < -0.3 is 4.74 Å². The first-order valence-corrected chi connectivity index (χ1v) is 8.88. The molecule has 1 heterocycles. The lowest BCUT2D eigenvalue weighted by Crippen LogP contribution is -2.31. The highest BCUT2D eigenvalue weighted by Crippen LogP contribution is 2.25. The highest BCUT2D eigenvalue weighted by atomic mass is 32.2. The summed E-state index contributed by atoms with van der Waals surface area (Å²) in [6, 6.07) is 4.83. The van der Waals surface area contributed by atoms with Gasteiger partial charge in [0, 0.05) is 7.11 Å². The lowest BCUT2D eigenvalue weighted by atomic mass is 10.3. The molecular weight excluding hydrogens is 343 g/mol. The number of aryl methyl sites for hydroxylation is 1. The minimum atomic E-state index is -4.30. The molecule has 2 rings (SSSR count). The van der Waals surface area contributed by atoms with Crippen LogP contribution >= 0.6 is 11.3 Å². The molecule has 0 aliphatic rings. The molecule has 1 atom stereocenters. The van der Waals surface area contributed by atoms with E-state index < -0.39 is 26.6 Å². The average molecular weight is 358 g/mol. The van der Waals surface area contributed by atoms with Gasteiger partial charge in [0.2, 0.25) is 0 Å². The van der Waals surface area contributed by atoms with Gasteiger partial charge in [0.05, 0.1) is 5.69 Å². The first-order valence-electron chi connectivity index (χ1n) is 6.58. The third kappa shape index (κ3) is 3.74. The number of aromatic nitrogens is 1. The van der Waals surface area contributed by atoms with Crippen molar-refractivity contribution < 1.29 is 22.3 Å². The highest BCUT2D eigenvalue weighted by Gasteiger charge is 2.25. The van der Waals surface area contributed by atoms with Gasteiger partial charge in [-0.3, -0.25) is 4.79 Å². The van der Waals surface area contributed by atoms with Gasteiger partial charge in [0.25, 0.3) is 15.9 Å². The lowest BCUT2D eigenvalue weighted by Gasteiger charge is -2.07. The lowest BCUT2D eigenvalue weighted by molar-refractivity contribution is 0.0984. The summed E-state index contributed by atoms with van der Waals surface area (Å²) in [5.41, 5.74) is 0.384. The largest absolute Gasteiger partial charge is 0.375 e. The number of thiazole rings is 1. The van der Waals surface area contributed by atoms with Gasteiger partial charge in [-0.05, 0) is 26.0 Å². The Balaban J connectivity index is 2.29. The number of benzene rings is 1. The number of nitrogens with zero attached hydrogens (tertiary/aromatic N) is 1. The normalized spacial score (nSPS) is 12.9. The minimum absolute atomic E-state index is 0.142. The second kappa shape index (κ2) is 6.73. The van der Waals surface area contributed by atoms with Gasteiger partial charge in [-0.25, -0.2) is 22.5 Å². The van der Waals surface area contributed by atoms with Crippen molar-refractivity contribution in [1.29, 1.82) is 0 Å². The molecule has 0 aliphatic heterocycles. The second-order valence-electron chi connectivity index (χ2n) is 4.71. The van der Waals surface area contributed by atoms with Gasteiger partial charge in [-0.1, -0.05) is 12.1 Å². The molecule has 0 saturated heterocycles. The Labute approximate surface area is 137 Å². The number of carbonyl (C=O) groups excluding carboxylic acids is 1. The molecule has 2 aromatic rings. The van der Waals surface area contributed by atoms with Crippen LogP contribution < -0.4 is 4.72 Å². The van der Waals surface area contributed by atoms with Crippen molar-refractivity contribution in [2.75, 3.05) is 7.11 Å². The molecule has 0 fully saturated rings. The Bertz CT molecular complexity index is 833. The predicted molar refractivity (Wildman–Crippen MR) is 83.3 cm³/mol. The van der Waals surface area contributed by atoms with Crippen molar-refractivity contribution in [3.05, 3.63) is 45.7 Å². The molecule has 1 aromatic heterocycles. The molecule has 0 saturated carbocycles. The van der Waals surface area contributed by atoms with E-state index in [1.54, 1.807) is 13.8 Å². The van der Waals surface area contributed by atoms with Crippen LogP contribution in [-0.2, 0) is 14.8 Å². The van der Waals surface area contributed by atoms with E-state index in [0.717, 1.165) is 23.5 Å². The molecule has 1 N–H and O–H groups in total. The Kier molecular flexibility index (Phi) is 5.12. The summed E-state index contributed by atoms with van der Waals surface area (Å²) in [7, 11) is -2.79. The van der Waals surface area contributed by atoms with Crippen LogP contribution in [0.1, 0.15) is 33.4 Å². The molecule has 9 heteroatoms. The number of carbonyl (C=O) groups is 1. The first kappa shape index (κ1) is 17.5. The fraction of sp³-hybridized carbons (Fsp3) is 0.286. The zero-order chi connectivity index (χ0) is 17.2. The van der Waals surface area contributed by atoms with Gasteiger partial charge in [-0.2, -0.15) is 0 Å². The number of ether oxygens (including phenoxy) is 1. The number of sulfonamides is 1. The summed E-state index contributed by atoms with van der Waals surface area (Å²) in [6.07, 6.45) is -0.316. The summed E-state index contributed by atoms with van der Waals surface area (Å²) in [4.78, 5) is 16.0. The van der Waals surface area contributed by atoms with Crippen LogP contribution in [0.25, 0.3) is 0 Å². The number of halogens is 1. The average Bonchev–Trinajstić information content (AvgIpc) is 2.88. The molecular formula is C14H15FN2O4S2. The van der Waals surface area contributed by atoms with E-state index in [2.05, 4.69) is 4.98 Å². The van der Waals surface area contributed by atoms with Gasteiger partial charge in [-0.15, -0.1) is 11.3 Å². The van der Waals surface area contributed by atoms with E-state index in [0.29, 0.717) is 10.7 Å². The SMILES string of the molecule is CO[C@@H](C)c1nc(C)c(C(=O)NS(=O)(=O)c2ccccc2F)s1.